The van der Waals surface area contributed by atoms with Crippen LogP contribution in [-0.4, -0.2) is 25.8 Å². The Morgan fingerprint density at radius 2 is 1.41 bits per heavy atom. The van der Waals surface area contributed by atoms with Crippen LogP contribution in [0.3, 0.4) is 0 Å². The molecule has 0 unspecified atom stereocenters. The minimum atomic E-state index is -0.255. The second-order valence-electron chi connectivity index (χ2n) is 6.50. The number of methoxy groups -OCH3 is 2. The van der Waals surface area contributed by atoms with Crippen LogP contribution in [0.2, 0.25) is 0 Å². The number of rotatable bonds is 7. The van der Waals surface area contributed by atoms with Gasteiger partial charge < -0.3 is 9.47 Å². The minimum Gasteiger partial charge on any atom is -0.496 e. The van der Waals surface area contributed by atoms with Crippen molar-refractivity contribution in [3.63, 3.8) is 0 Å². The molecule has 0 aromatic heterocycles. The summed E-state index contributed by atoms with van der Waals surface area (Å²) in [5, 5.41) is 0. The number of ether oxygens (including phenoxy) is 2. The third kappa shape index (κ3) is 4.43. The highest BCUT2D eigenvalue weighted by Crippen LogP contribution is 2.31. The molecule has 0 saturated carbocycles. The smallest absolute Gasteiger partial charge is 0.196 e. The van der Waals surface area contributed by atoms with Gasteiger partial charge in [0.1, 0.15) is 11.5 Å². The first kappa shape index (κ1) is 20.1. The molecule has 0 atom stereocenters. The fraction of sp³-hybridized carbons (Fsp3) is 0.120. The van der Waals surface area contributed by atoms with Crippen LogP contribution in [-0.2, 0) is 0 Å². The topological polar surface area (TPSA) is 52.6 Å². The molecule has 0 N–H and O–H groups in total. The molecule has 0 bridgehead atoms. The third-order valence-electron chi connectivity index (χ3n) is 4.67. The number of aryl methyl sites for hydroxylation is 1. The van der Waals surface area contributed by atoms with Crippen molar-refractivity contribution in [3.8, 4) is 11.5 Å². The Kier molecular flexibility index (Phi) is 6.25. The van der Waals surface area contributed by atoms with E-state index in [4.69, 9.17) is 9.47 Å². The van der Waals surface area contributed by atoms with Crippen molar-refractivity contribution in [1.82, 2.24) is 0 Å². The minimum absolute atomic E-state index is 0.220. The van der Waals surface area contributed by atoms with Crippen LogP contribution in [0.15, 0.2) is 72.8 Å². The predicted octanol–water partition coefficient (Wildman–Crippen LogP) is 5.14. The lowest BCUT2D eigenvalue weighted by molar-refractivity contribution is 0.103. The molecular formula is C25H22O4. The molecule has 0 spiro atoms. The first-order chi connectivity index (χ1) is 14.0. The summed E-state index contributed by atoms with van der Waals surface area (Å²) >= 11 is 0. The van der Waals surface area contributed by atoms with Crippen molar-refractivity contribution in [2.45, 2.75) is 6.92 Å². The van der Waals surface area contributed by atoms with Crippen LogP contribution in [0.1, 0.15) is 37.4 Å². The summed E-state index contributed by atoms with van der Waals surface area (Å²) in [5.41, 5.74) is 3.15. The lowest BCUT2D eigenvalue weighted by atomic mass is 9.97. The van der Waals surface area contributed by atoms with Crippen molar-refractivity contribution in [2.24, 2.45) is 0 Å². The van der Waals surface area contributed by atoms with E-state index in [-0.39, 0.29) is 11.6 Å². The van der Waals surface area contributed by atoms with Crippen LogP contribution < -0.4 is 9.47 Å². The van der Waals surface area contributed by atoms with E-state index in [1.807, 2.05) is 37.3 Å². The highest BCUT2D eigenvalue weighted by Gasteiger charge is 2.20. The van der Waals surface area contributed by atoms with E-state index in [0.717, 1.165) is 11.1 Å². The van der Waals surface area contributed by atoms with Gasteiger partial charge in [0.05, 0.1) is 25.3 Å². The average Bonchev–Trinajstić information content (AvgIpc) is 2.77. The quantitative estimate of drug-likeness (QED) is 0.417. The number of hydrogen-bond donors (Lipinski definition) is 0. The van der Waals surface area contributed by atoms with Crippen molar-refractivity contribution in [1.29, 1.82) is 0 Å². The van der Waals surface area contributed by atoms with Crippen molar-refractivity contribution >= 4 is 17.6 Å². The van der Waals surface area contributed by atoms with Gasteiger partial charge in [0, 0.05) is 11.6 Å². The molecule has 3 aromatic carbocycles. The normalized spacial score (nSPS) is 10.7. The second-order valence-corrected chi connectivity index (χ2v) is 6.50. The molecule has 0 fully saturated rings. The molecule has 29 heavy (non-hydrogen) atoms. The molecule has 0 heterocycles. The van der Waals surface area contributed by atoms with Crippen LogP contribution in [0, 0.1) is 6.92 Å². The monoisotopic (exact) mass is 386 g/mol. The number of hydrogen-bond acceptors (Lipinski definition) is 4. The van der Waals surface area contributed by atoms with Gasteiger partial charge in [-0.3, -0.25) is 9.59 Å². The number of allylic oxidation sites excluding steroid dienone is 1. The maximum atomic E-state index is 13.0. The first-order valence-electron chi connectivity index (χ1n) is 9.19. The maximum absolute atomic E-state index is 13.0. The van der Waals surface area contributed by atoms with E-state index in [1.54, 1.807) is 36.4 Å². The zero-order valence-corrected chi connectivity index (χ0v) is 16.6. The van der Waals surface area contributed by atoms with Gasteiger partial charge in [-0.05, 0) is 30.2 Å². The highest BCUT2D eigenvalue weighted by molar-refractivity contribution is 6.14. The summed E-state index contributed by atoms with van der Waals surface area (Å²) in [7, 11) is 2.96. The number of benzene rings is 3. The zero-order valence-electron chi connectivity index (χ0n) is 16.6. The Bertz CT molecular complexity index is 1070. The Labute approximate surface area is 170 Å². The van der Waals surface area contributed by atoms with Crippen molar-refractivity contribution < 1.29 is 19.1 Å². The molecule has 146 valence electrons. The SMILES string of the molecule is COc1cc(OC)c(C(=O)c2ccccc2)cc1C(=O)C=Cc1ccccc1C. The van der Waals surface area contributed by atoms with E-state index >= 15 is 0 Å². The van der Waals surface area contributed by atoms with Crippen LogP contribution in [0.25, 0.3) is 6.08 Å². The lowest BCUT2D eigenvalue weighted by Gasteiger charge is -2.13. The predicted molar refractivity (Wildman–Crippen MR) is 114 cm³/mol. The molecule has 4 heteroatoms. The fourth-order valence-electron chi connectivity index (χ4n) is 3.04. The Morgan fingerprint density at radius 3 is 2.07 bits per heavy atom. The second kappa shape index (κ2) is 9.02. The Balaban J connectivity index is 2.03. The van der Waals surface area contributed by atoms with Gasteiger partial charge in [-0.15, -0.1) is 0 Å². The molecule has 0 amide bonds. The molecule has 0 aliphatic carbocycles. The molecule has 4 nitrogen and oxygen atoms in total. The van der Waals surface area contributed by atoms with Crippen molar-refractivity contribution in [2.75, 3.05) is 14.2 Å². The summed E-state index contributed by atoms with van der Waals surface area (Å²) in [5.74, 6) is 0.234. The molecule has 0 aliphatic rings. The lowest BCUT2D eigenvalue weighted by Crippen LogP contribution is -2.08. The zero-order chi connectivity index (χ0) is 20.8. The van der Waals surface area contributed by atoms with E-state index in [0.29, 0.717) is 28.2 Å². The van der Waals surface area contributed by atoms with Gasteiger partial charge in [-0.25, -0.2) is 0 Å². The Morgan fingerprint density at radius 1 is 0.793 bits per heavy atom. The van der Waals surface area contributed by atoms with Gasteiger partial charge in [0.15, 0.2) is 11.6 Å². The molecule has 3 aromatic rings. The van der Waals surface area contributed by atoms with E-state index in [9.17, 15) is 9.59 Å². The number of carbonyl (C=O) groups is 2. The van der Waals surface area contributed by atoms with Gasteiger partial charge in [-0.1, -0.05) is 60.7 Å². The van der Waals surface area contributed by atoms with Crippen LogP contribution >= 0.6 is 0 Å². The van der Waals surface area contributed by atoms with Gasteiger partial charge >= 0.3 is 0 Å². The number of carbonyl (C=O) groups excluding carboxylic acids is 2. The van der Waals surface area contributed by atoms with Gasteiger partial charge in [0.25, 0.3) is 0 Å². The van der Waals surface area contributed by atoms with Gasteiger partial charge in [-0.2, -0.15) is 0 Å². The summed E-state index contributed by atoms with van der Waals surface area (Å²) < 4.78 is 10.8. The van der Waals surface area contributed by atoms with Crippen LogP contribution in [0.5, 0.6) is 11.5 Å². The van der Waals surface area contributed by atoms with Crippen molar-refractivity contribution in [3.05, 3.63) is 101 Å². The molecule has 0 radical (unpaired) electrons. The number of ketones is 2. The highest BCUT2D eigenvalue weighted by atomic mass is 16.5. The maximum Gasteiger partial charge on any atom is 0.196 e. The third-order valence-corrected chi connectivity index (χ3v) is 4.67. The molecule has 0 saturated heterocycles. The largest absolute Gasteiger partial charge is 0.496 e. The fourth-order valence-corrected chi connectivity index (χ4v) is 3.04. The van der Waals surface area contributed by atoms with E-state index in [2.05, 4.69) is 0 Å². The van der Waals surface area contributed by atoms with Gasteiger partial charge in [0.2, 0.25) is 0 Å². The molecular weight excluding hydrogens is 364 g/mol. The first-order valence-corrected chi connectivity index (χ1v) is 9.19. The summed E-state index contributed by atoms with van der Waals surface area (Å²) in [4.78, 5) is 25.9. The molecule has 3 rings (SSSR count). The Hall–Kier alpha value is -3.66. The van der Waals surface area contributed by atoms with E-state index < -0.39 is 0 Å². The summed E-state index contributed by atoms with van der Waals surface area (Å²) in [6.07, 6.45) is 3.25. The summed E-state index contributed by atoms with van der Waals surface area (Å²) in [6, 6.07) is 19.8. The average molecular weight is 386 g/mol. The van der Waals surface area contributed by atoms with E-state index in [1.165, 1.54) is 26.4 Å². The standard InChI is InChI=1S/C25H22O4/c1-17-9-7-8-10-18(17)13-14-22(26)20-15-21(24(29-3)16-23(20)28-2)25(27)19-11-5-4-6-12-19/h4-16H,1-3H3. The summed E-state index contributed by atoms with van der Waals surface area (Å²) in [6.45, 7) is 1.98. The van der Waals surface area contributed by atoms with Crippen LogP contribution in [0.4, 0.5) is 0 Å². The molecule has 0 aliphatic heterocycles.